The number of hydrogen-bond donors (Lipinski definition) is 0. The van der Waals surface area contributed by atoms with E-state index in [2.05, 4.69) is 43.5 Å². The molecular weight excluding hydrogens is 188 g/mol. The van der Waals surface area contributed by atoms with Crippen molar-refractivity contribution in [3.63, 3.8) is 0 Å². The van der Waals surface area contributed by atoms with Crippen LogP contribution in [0.3, 0.4) is 0 Å². The van der Waals surface area contributed by atoms with Crippen molar-refractivity contribution in [2.45, 2.75) is 26.7 Å². The Kier molecular flexibility index (Phi) is 2.87. The Balaban J connectivity index is 2.25. The van der Waals surface area contributed by atoms with E-state index in [0.29, 0.717) is 0 Å². The Hall–Kier alpha value is -0.820. The van der Waals surface area contributed by atoms with Crippen LogP contribution in [0.15, 0.2) is 29.6 Å². The van der Waals surface area contributed by atoms with E-state index in [1.807, 2.05) is 11.3 Å². The molecular formula is C13H16S. The molecule has 0 saturated carbocycles. The van der Waals surface area contributed by atoms with Gasteiger partial charge in [0.2, 0.25) is 0 Å². The van der Waals surface area contributed by atoms with Crippen molar-refractivity contribution in [1.29, 1.82) is 0 Å². The Morgan fingerprint density at radius 3 is 2.93 bits per heavy atom. The van der Waals surface area contributed by atoms with E-state index in [-0.39, 0.29) is 0 Å². The zero-order chi connectivity index (χ0) is 9.97. The molecule has 1 heterocycles. The normalized spacial score (nSPS) is 13.3. The minimum atomic E-state index is 0.799. The molecule has 0 aliphatic rings. The number of thiophene rings is 1. The van der Waals surface area contributed by atoms with Crippen LogP contribution in [0.4, 0.5) is 0 Å². The highest BCUT2D eigenvalue weighted by Crippen LogP contribution is 2.23. The molecule has 0 spiro atoms. The summed E-state index contributed by atoms with van der Waals surface area (Å²) >= 11 is 1.84. The fourth-order valence-corrected chi connectivity index (χ4v) is 2.53. The number of rotatable bonds is 3. The van der Waals surface area contributed by atoms with Crippen molar-refractivity contribution in [3.05, 3.63) is 35.2 Å². The van der Waals surface area contributed by atoms with Gasteiger partial charge < -0.3 is 0 Å². The van der Waals surface area contributed by atoms with Gasteiger partial charge in [-0.2, -0.15) is 0 Å². The monoisotopic (exact) mass is 204 g/mol. The van der Waals surface area contributed by atoms with Gasteiger partial charge in [-0.1, -0.05) is 32.4 Å². The maximum atomic E-state index is 2.34. The smallest absolute Gasteiger partial charge is 0.0345 e. The van der Waals surface area contributed by atoms with Crippen LogP contribution in [0, 0.1) is 5.92 Å². The van der Waals surface area contributed by atoms with Gasteiger partial charge in [0.25, 0.3) is 0 Å². The maximum absolute atomic E-state index is 2.34. The van der Waals surface area contributed by atoms with Crippen molar-refractivity contribution in [2.75, 3.05) is 0 Å². The molecule has 2 aromatic rings. The molecule has 1 heteroatoms. The summed E-state index contributed by atoms with van der Waals surface area (Å²) in [7, 11) is 0. The van der Waals surface area contributed by atoms with Crippen LogP contribution in [0.1, 0.15) is 25.8 Å². The third kappa shape index (κ3) is 1.98. The lowest BCUT2D eigenvalue weighted by Gasteiger charge is -2.07. The number of fused-ring (bicyclic) bond motifs is 1. The summed E-state index contributed by atoms with van der Waals surface area (Å²) in [6, 6.07) is 9.03. The molecule has 0 aliphatic carbocycles. The first-order valence-electron chi connectivity index (χ1n) is 5.25. The lowest BCUT2D eigenvalue weighted by atomic mass is 9.99. The Bertz CT molecular complexity index is 414. The molecule has 1 aromatic carbocycles. The molecule has 0 bridgehead atoms. The van der Waals surface area contributed by atoms with Crippen molar-refractivity contribution >= 4 is 21.4 Å². The predicted molar refractivity (Wildman–Crippen MR) is 65.0 cm³/mol. The van der Waals surface area contributed by atoms with Crippen LogP contribution in [0.25, 0.3) is 10.1 Å². The number of benzene rings is 1. The summed E-state index contributed by atoms with van der Waals surface area (Å²) in [6.45, 7) is 4.58. The van der Waals surface area contributed by atoms with E-state index in [0.717, 1.165) is 5.92 Å². The first-order chi connectivity index (χ1) is 6.79. The predicted octanol–water partition coefficient (Wildman–Crippen LogP) is 4.49. The topological polar surface area (TPSA) is 0 Å². The zero-order valence-electron chi connectivity index (χ0n) is 8.79. The third-order valence-corrected chi connectivity index (χ3v) is 3.68. The van der Waals surface area contributed by atoms with Gasteiger partial charge in [-0.15, -0.1) is 11.3 Å². The fraction of sp³-hybridized carbons (Fsp3) is 0.385. The van der Waals surface area contributed by atoms with Gasteiger partial charge >= 0.3 is 0 Å². The average Bonchev–Trinajstić information content (AvgIpc) is 2.64. The van der Waals surface area contributed by atoms with Crippen LogP contribution in [-0.4, -0.2) is 0 Å². The van der Waals surface area contributed by atoms with E-state index in [1.165, 1.54) is 28.5 Å². The summed E-state index contributed by atoms with van der Waals surface area (Å²) in [5, 5.41) is 3.54. The first-order valence-corrected chi connectivity index (χ1v) is 6.13. The van der Waals surface area contributed by atoms with E-state index in [4.69, 9.17) is 0 Å². The molecule has 74 valence electrons. The second kappa shape index (κ2) is 4.14. The van der Waals surface area contributed by atoms with Crippen molar-refractivity contribution < 1.29 is 0 Å². The minimum absolute atomic E-state index is 0.799. The molecule has 0 unspecified atom stereocenters. The van der Waals surface area contributed by atoms with Crippen LogP contribution >= 0.6 is 11.3 Å². The van der Waals surface area contributed by atoms with Gasteiger partial charge in [-0.05, 0) is 40.8 Å². The Morgan fingerprint density at radius 1 is 1.29 bits per heavy atom. The zero-order valence-corrected chi connectivity index (χ0v) is 9.60. The van der Waals surface area contributed by atoms with E-state index < -0.39 is 0 Å². The van der Waals surface area contributed by atoms with Crippen molar-refractivity contribution in [2.24, 2.45) is 5.92 Å². The first kappa shape index (κ1) is 9.72. The Labute approximate surface area is 89.6 Å². The fourth-order valence-electron chi connectivity index (χ4n) is 1.67. The summed E-state index contributed by atoms with van der Waals surface area (Å²) < 4.78 is 1.42. The molecule has 0 amide bonds. The largest absolute Gasteiger partial charge is 0.144 e. The van der Waals surface area contributed by atoms with E-state index in [1.54, 1.807) is 0 Å². The van der Waals surface area contributed by atoms with Gasteiger partial charge in [-0.25, -0.2) is 0 Å². The van der Waals surface area contributed by atoms with E-state index >= 15 is 0 Å². The highest BCUT2D eigenvalue weighted by Gasteiger charge is 2.02. The van der Waals surface area contributed by atoms with Gasteiger partial charge in [0.05, 0.1) is 0 Å². The lowest BCUT2D eigenvalue weighted by molar-refractivity contribution is 0.560. The second-order valence-corrected chi connectivity index (χ2v) is 4.96. The minimum Gasteiger partial charge on any atom is -0.144 e. The van der Waals surface area contributed by atoms with E-state index in [9.17, 15) is 0 Å². The van der Waals surface area contributed by atoms with Crippen molar-refractivity contribution in [1.82, 2.24) is 0 Å². The third-order valence-electron chi connectivity index (χ3n) is 2.80. The highest BCUT2D eigenvalue weighted by atomic mass is 32.1. The standard InChI is InChI=1S/C13H16S/c1-3-10(2)8-11-4-5-12-6-7-14-13(12)9-11/h4-7,9-10H,3,8H2,1-2H3/t10-/m0/s1. The summed E-state index contributed by atoms with van der Waals surface area (Å²) in [6.07, 6.45) is 2.48. The molecule has 0 saturated heterocycles. The van der Waals surface area contributed by atoms with Crippen LogP contribution in [-0.2, 0) is 6.42 Å². The lowest BCUT2D eigenvalue weighted by Crippen LogP contribution is -1.96. The summed E-state index contributed by atoms with van der Waals surface area (Å²) in [4.78, 5) is 0. The van der Waals surface area contributed by atoms with Gasteiger partial charge in [0.1, 0.15) is 0 Å². The van der Waals surface area contributed by atoms with Crippen molar-refractivity contribution in [3.8, 4) is 0 Å². The SMILES string of the molecule is CC[C@H](C)Cc1ccc2ccsc2c1. The van der Waals surface area contributed by atoms with Gasteiger partial charge in [-0.3, -0.25) is 0 Å². The molecule has 14 heavy (non-hydrogen) atoms. The molecule has 0 fully saturated rings. The molecule has 1 aromatic heterocycles. The maximum Gasteiger partial charge on any atom is 0.0345 e. The summed E-state index contributed by atoms with van der Waals surface area (Å²) in [5.74, 6) is 0.799. The molecule has 2 rings (SSSR count). The molecule has 0 N–H and O–H groups in total. The Morgan fingerprint density at radius 2 is 2.14 bits per heavy atom. The molecule has 0 aliphatic heterocycles. The highest BCUT2D eigenvalue weighted by molar-refractivity contribution is 7.17. The molecule has 0 nitrogen and oxygen atoms in total. The molecule has 1 atom stereocenters. The van der Waals surface area contributed by atoms with Crippen LogP contribution in [0.2, 0.25) is 0 Å². The number of hydrogen-bond acceptors (Lipinski definition) is 1. The van der Waals surface area contributed by atoms with Crippen LogP contribution in [0.5, 0.6) is 0 Å². The van der Waals surface area contributed by atoms with Gasteiger partial charge in [0, 0.05) is 4.70 Å². The molecule has 0 radical (unpaired) electrons. The van der Waals surface area contributed by atoms with Gasteiger partial charge in [0.15, 0.2) is 0 Å². The summed E-state index contributed by atoms with van der Waals surface area (Å²) in [5.41, 5.74) is 1.48. The quantitative estimate of drug-likeness (QED) is 0.691. The van der Waals surface area contributed by atoms with Crippen LogP contribution < -0.4 is 0 Å². The second-order valence-electron chi connectivity index (χ2n) is 4.01. The average molecular weight is 204 g/mol.